The molecule has 0 saturated carbocycles. The number of nitrogens with one attached hydrogen (secondary N) is 1. The number of amides is 1. The first-order chi connectivity index (χ1) is 16.0. The van der Waals surface area contributed by atoms with E-state index in [4.69, 9.17) is 16.0 Å². The van der Waals surface area contributed by atoms with E-state index >= 15 is 0 Å². The highest BCUT2D eigenvalue weighted by molar-refractivity contribution is 6.30. The smallest absolute Gasteiger partial charge is 0.276 e. The van der Waals surface area contributed by atoms with E-state index in [0.717, 1.165) is 0 Å². The third kappa shape index (κ3) is 3.99. The number of halogens is 2. The molecule has 0 bridgehead atoms. The van der Waals surface area contributed by atoms with Crippen molar-refractivity contribution in [3.8, 4) is 22.8 Å². The molecular formula is C22H15ClFN7O2. The normalized spacial score (nSPS) is 11.0. The number of anilines is 1. The van der Waals surface area contributed by atoms with Gasteiger partial charge in [0, 0.05) is 16.8 Å². The Labute approximate surface area is 191 Å². The first kappa shape index (κ1) is 20.6. The average Bonchev–Trinajstić information content (AvgIpc) is 3.56. The quantitative estimate of drug-likeness (QED) is 0.412. The van der Waals surface area contributed by atoms with Crippen molar-refractivity contribution in [2.45, 2.75) is 6.92 Å². The molecule has 3 aromatic heterocycles. The molecule has 164 valence electrons. The van der Waals surface area contributed by atoms with Crippen molar-refractivity contribution >= 4 is 23.2 Å². The summed E-state index contributed by atoms with van der Waals surface area (Å²) in [5, 5.41) is 18.8. The highest BCUT2D eigenvalue weighted by atomic mass is 35.5. The number of hydrogen-bond donors (Lipinski definition) is 1. The van der Waals surface area contributed by atoms with Crippen LogP contribution in [0.2, 0.25) is 5.02 Å². The molecule has 0 saturated heterocycles. The minimum absolute atomic E-state index is 0.110. The molecule has 1 N–H and O–H groups in total. The van der Waals surface area contributed by atoms with Gasteiger partial charge in [-0.3, -0.25) is 4.79 Å². The highest BCUT2D eigenvalue weighted by Crippen LogP contribution is 2.26. The number of tetrazole rings is 1. The predicted molar refractivity (Wildman–Crippen MR) is 118 cm³/mol. The van der Waals surface area contributed by atoms with Crippen LogP contribution in [0.4, 0.5) is 10.1 Å². The predicted octanol–water partition coefficient (Wildman–Crippen LogP) is 4.46. The van der Waals surface area contributed by atoms with Gasteiger partial charge in [0.2, 0.25) is 0 Å². The molecule has 0 aliphatic rings. The lowest BCUT2D eigenvalue weighted by Crippen LogP contribution is -2.14. The van der Waals surface area contributed by atoms with Crippen molar-refractivity contribution in [2.24, 2.45) is 0 Å². The van der Waals surface area contributed by atoms with Crippen LogP contribution < -0.4 is 5.32 Å². The Hall–Kier alpha value is -4.31. The van der Waals surface area contributed by atoms with Crippen LogP contribution in [0.15, 0.2) is 71.3 Å². The molecule has 0 fully saturated rings. The van der Waals surface area contributed by atoms with Crippen LogP contribution in [0.5, 0.6) is 0 Å². The Bertz CT molecular complexity index is 1440. The number of nitrogens with zero attached hydrogens (tertiary/aromatic N) is 6. The van der Waals surface area contributed by atoms with Crippen molar-refractivity contribution in [1.82, 2.24) is 30.0 Å². The Morgan fingerprint density at radius 3 is 2.61 bits per heavy atom. The van der Waals surface area contributed by atoms with Crippen LogP contribution in [-0.2, 0) is 0 Å². The molecule has 0 atom stereocenters. The average molecular weight is 464 g/mol. The molecule has 9 nitrogen and oxygen atoms in total. The van der Waals surface area contributed by atoms with Gasteiger partial charge >= 0.3 is 0 Å². The third-order valence-electron chi connectivity index (χ3n) is 4.84. The fourth-order valence-electron chi connectivity index (χ4n) is 3.27. The van der Waals surface area contributed by atoms with Crippen molar-refractivity contribution < 1.29 is 13.6 Å². The van der Waals surface area contributed by atoms with Crippen LogP contribution in [0.1, 0.15) is 16.3 Å². The fraction of sp³-hybridized carbons (Fsp3) is 0.0455. The molecule has 0 radical (unpaired) electrons. The molecular weight excluding hydrogens is 449 g/mol. The number of carbonyl (C=O) groups excluding carboxylic acids is 1. The summed E-state index contributed by atoms with van der Waals surface area (Å²) in [6, 6.07) is 16.3. The molecule has 0 unspecified atom stereocenters. The van der Waals surface area contributed by atoms with Gasteiger partial charge in [0.15, 0.2) is 17.3 Å². The molecule has 5 rings (SSSR count). The van der Waals surface area contributed by atoms with Crippen LogP contribution in [0.3, 0.4) is 0 Å². The van der Waals surface area contributed by atoms with Crippen LogP contribution in [-0.4, -0.2) is 35.9 Å². The van der Waals surface area contributed by atoms with E-state index in [1.807, 2.05) is 0 Å². The van der Waals surface area contributed by atoms with Gasteiger partial charge in [-0.2, -0.15) is 9.78 Å². The number of aromatic nitrogens is 6. The Morgan fingerprint density at radius 1 is 1.09 bits per heavy atom. The standard InChI is InChI=1S/C22H15ClFN7O2/c1-13-26-28-29-30(13)19-11-15(6-9-17(19)24)25-22(32)18-12-20(21-3-2-10-33-21)31(27-18)16-7-4-14(23)5-8-16/h2-12H,1H3,(H,25,32). The van der Waals surface area contributed by atoms with E-state index in [2.05, 4.69) is 25.9 Å². The molecule has 33 heavy (non-hydrogen) atoms. The number of furan rings is 1. The first-order valence-electron chi connectivity index (χ1n) is 9.76. The number of benzene rings is 2. The van der Waals surface area contributed by atoms with Crippen molar-refractivity contribution in [3.63, 3.8) is 0 Å². The van der Waals surface area contributed by atoms with E-state index in [0.29, 0.717) is 33.7 Å². The topological polar surface area (TPSA) is 104 Å². The Balaban J connectivity index is 1.49. The molecule has 0 spiro atoms. The summed E-state index contributed by atoms with van der Waals surface area (Å²) in [5.74, 6) is -0.0751. The van der Waals surface area contributed by atoms with E-state index in [9.17, 15) is 9.18 Å². The Kier molecular flexibility index (Phi) is 5.19. The zero-order valence-electron chi connectivity index (χ0n) is 17.1. The summed E-state index contributed by atoms with van der Waals surface area (Å²) in [4.78, 5) is 13.0. The molecule has 5 aromatic rings. The second kappa shape index (κ2) is 8.32. The lowest BCUT2D eigenvalue weighted by atomic mass is 10.2. The zero-order chi connectivity index (χ0) is 22.9. The maximum atomic E-state index is 14.3. The highest BCUT2D eigenvalue weighted by Gasteiger charge is 2.19. The summed E-state index contributed by atoms with van der Waals surface area (Å²) in [6.45, 7) is 1.64. The minimum atomic E-state index is -0.532. The molecule has 0 aliphatic heterocycles. The van der Waals surface area contributed by atoms with Gasteiger partial charge in [-0.15, -0.1) is 5.10 Å². The van der Waals surface area contributed by atoms with Crippen molar-refractivity contribution in [2.75, 3.05) is 5.32 Å². The molecule has 0 aliphatic carbocycles. The monoisotopic (exact) mass is 463 g/mol. The zero-order valence-corrected chi connectivity index (χ0v) is 17.9. The van der Waals surface area contributed by atoms with Gasteiger partial charge in [0.25, 0.3) is 5.91 Å². The summed E-state index contributed by atoms with van der Waals surface area (Å²) in [6.07, 6.45) is 1.54. The van der Waals surface area contributed by atoms with Gasteiger partial charge in [0.05, 0.1) is 12.0 Å². The lowest BCUT2D eigenvalue weighted by molar-refractivity contribution is 0.102. The first-order valence-corrected chi connectivity index (χ1v) is 10.1. The second-order valence-electron chi connectivity index (χ2n) is 7.04. The van der Waals surface area contributed by atoms with Crippen LogP contribution in [0.25, 0.3) is 22.8 Å². The van der Waals surface area contributed by atoms with E-state index in [1.165, 1.54) is 29.1 Å². The van der Waals surface area contributed by atoms with Gasteiger partial charge in [-0.1, -0.05) is 11.6 Å². The van der Waals surface area contributed by atoms with E-state index in [-0.39, 0.29) is 11.4 Å². The molecule has 2 aromatic carbocycles. The number of aryl methyl sites for hydroxylation is 1. The summed E-state index contributed by atoms with van der Waals surface area (Å²) in [5.41, 5.74) is 1.88. The maximum absolute atomic E-state index is 14.3. The van der Waals surface area contributed by atoms with E-state index in [1.54, 1.807) is 54.1 Å². The van der Waals surface area contributed by atoms with Gasteiger partial charge in [-0.25, -0.2) is 9.07 Å². The second-order valence-corrected chi connectivity index (χ2v) is 7.47. The summed E-state index contributed by atoms with van der Waals surface area (Å²) < 4.78 is 22.7. The summed E-state index contributed by atoms with van der Waals surface area (Å²) in [7, 11) is 0. The number of hydrogen-bond acceptors (Lipinski definition) is 6. The van der Waals surface area contributed by atoms with Gasteiger partial charge in [0.1, 0.15) is 17.2 Å². The SMILES string of the molecule is Cc1nnnn1-c1cc(NC(=O)c2cc(-c3ccco3)n(-c3ccc(Cl)cc3)n2)ccc1F. The minimum Gasteiger partial charge on any atom is -0.463 e. The van der Waals surface area contributed by atoms with Gasteiger partial charge in [-0.05, 0) is 71.9 Å². The molecule has 11 heteroatoms. The lowest BCUT2D eigenvalue weighted by Gasteiger charge is -2.08. The maximum Gasteiger partial charge on any atom is 0.276 e. The molecule has 1 amide bonds. The third-order valence-corrected chi connectivity index (χ3v) is 5.10. The van der Waals surface area contributed by atoms with Crippen LogP contribution in [0, 0.1) is 12.7 Å². The van der Waals surface area contributed by atoms with Crippen LogP contribution >= 0.6 is 11.6 Å². The van der Waals surface area contributed by atoms with E-state index < -0.39 is 11.7 Å². The fourth-order valence-corrected chi connectivity index (χ4v) is 3.40. The number of rotatable bonds is 5. The number of carbonyl (C=O) groups is 1. The largest absolute Gasteiger partial charge is 0.463 e. The summed E-state index contributed by atoms with van der Waals surface area (Å²) >= 11 is 6.00. The van der Waals surface area contributed by atoms with Gasteiger partial charge < -0.3 is 9.73 Å². The Morgan fingerprint density at radius 2 is 1.91 bits per heavy atom. The molecule has 3 heterocycles. The van der Waals surface area contributed by atoms with Crippen molar-refractivity contribution in [3.05, 3.63) is 89.3 Å². The van der Waals surface area contributed by atoms with Crippen molar-refractivity contribution in [1.29, 1.82) is 0 Å².